The Hall–Kier alpha value is -2.96. The molecule has 5 atom stereocenters. The lowest BCUT2D eigenvalue weighted by atomic mass is 9.76. The van der Waals surface area contributed by atoms with Gasteiger partial charge in [0.1, 0.15) is 24.9 Å². The average Bonchev–Trinajstić information content (AvgIpc) is 3.51. The van der Waals surface area contributed by atoms with Gasteiger partial charge in [-0.25, -0.2) is 9.59 Å². The number of hydrogen-bond donors (Lipinski definition) is 2. The van der Waals surface area contributed by atoms with E-state index in [0.29, 0.717) is 16.4 Å². The van der Waals surface area contributed by atoms with Crippen molar-refractivity contribution in [2.45, 2.75) is 56.5 Å². The third kappa shape index (κ3) is 5.14. The number of ether oxygens (including phenoxy) is 3. The van der Waals surface area contributed by atoms with Gasteiger partial charge in [-0.2, -0.15) is 0 Å². The molecule has 2 saturated heterocycles. The molecule has 0 aromatic heterocycles. The van der Waals surface area contributed by atoms with Gasteiger partial charge in [0.15, 0.2) is 5.60 Å². The zero-order chi connectivity index (χ0) is 29.5. The van der Waals surface area contributed by atoms with Gasteiger partial charge >= 0.3 is 18.0 Å². The summed E-state index contributed by atoms with van der Waals surface area (Å²) in [5, 5.41) is 21.9. The third-order valence-corrected chi connectivity index (χ3v) is 9.29. The monoisotopic (exact) mass is 675 g/mol. The molecule has 0 spiro atoms. The summed E-state index contributed by atoms with van der Waals surface area (Å²) in [6.07, 6.45) is 0.821. The average molecular weight is 676 g/mol. The molecule has 9 nitrogen and oxygen atoms in total. The molecule has 1 aliphatic carbocycles. The molecule has 2 heterocycles. The molecule has 1 amide bonds. The van der Waals surface area contributed by atoms with E-state index < -0.39 is 47.3 Å². The zero-order valence-electron chi connectivity index (χ0n) is 23.2. The molecule has 2 aromatic rings. The number of aliphatic hydroxyl groups is 2. The molecule has 0 saturated carbocycles. The predicted molar refractivity (Wildman–Crippen MR) is 158 cm³/mol. The topological polar surface area (TPSA) is 123 Å². The van der Waals surface area contributed by atoms with E-state index in [1.54, 1.807) is 0 Å². The highest BCUT2D eigenvalue weighted by molar-refractivity contribution is 14.1. The summed E-state index contributed by atoms with van der Waals surface area (Å²) in [7, 11) is 0. The molecule has 0 radical (unpaired) electrons. The number of hydrogen-bond acceptors (Lipinski definition) is 8. The van der Waals surface area contributed by atoms with Crippen molar-refractivity contribution in [3.05, 3.63) is 71.3 Å². The van der Waals surface area contributed by atoms with Crippen molar-refractivity contribution in [2.24, 2.45) is 5.92 Å². The van der Waals surface area contributed by atoms with E-state index in [1.807, 2.05) is 42.5 Å². The minimum atomic E-state index is -2.38. The fourth-order valence-corrected chi connectivity index (χ4v) is 6.54. The van der Waals surface area contributed by atoms with Crippen molar-refractivity contribution >= 4 is 40.6 Å². The third-order valence-electron chi connectivity index (χ3n) is 8.85. The first kappa shape index (κ1) is 29.5. The molecule has 3 aliphatic rings. The van der Waals surface area contributed by atoms with Crippen LogP contribution in [0.4, 0.5) is 4.79 Å². The van der Waals surface area contributed by atoms with E-state index in [9.17, 15) is 24.6 Å². The van der Waals surface area contributed by atoms with Gasteiger partial charge in [-0.05, 0) is 48.6 Å². The molecular weight excluding hydrogens is 641 g/mol. The Morgan fingerprint density at radius 3 is 2.32 bits per heavy atom. The van der Waals surface area contributed by atoms with Gasteiger partial charge in [-0.1, -0.05) is 77.2 Å². The Kier molecular flexibility index (Phi) is 8.19. The SMILES string of the molecule is CC1C(=O)O[C@@H]2CCN(C(=O)OCC3c4ccccc4-c4ccccc43)[C@@H]2/C(=C/CI)COC(=O)[C@](C)(O)[C@@]1(C)O. The fraction of sp³-hybridized carbons (Fsp3) is 0.452. The van der Waals surface area contributed by atoms with E-state index in [4.69, 9.17) is 14.2 Å². The highest BCUT2D eigenvalue weighted by Gasteiger charge is 2.56. The molecule has 2 aromatic carbocycles. The normalized spacial score (nSPS) is 31.0. The number of carbonyl (C=O) groups is 3. The molecule has 5 rings (SSSR count). The Morgan fingerprint density at radius 1 is 1.10 bits per heavy atom. The van der Waals surface area contributed by atoms with Crippen molar-refractivity contribution in [2.75, 3.05) is 24.2 Å². The molecule has 0 bridgehead atoms. The molecular formula is C31H34INO8. The van der Waals surface area contributed by atoms with Crippen LogP contribution in [-0.4, -0.2) is 80.7 Å². The molecule has 218 valence electrons. The van der Waals surface area contributed by atoms with Gasteiger partial charge in [0.2, 0.25) is 0 Å². The van der Waals surface area contributed by atoms with Crippen molar-refractivity contribution in [1.82, 2.24) is 4.90 Å². The maximum Gasteiger partial charge on any atom is 0.410 e. The van der Waals surface area contributed by atoms with Crippen molar-refractivity contribution < 1.29 is 38.8 Å². The van der Waals surface area contributed by atoms with E-state index in [0.717, 1.165) is 29.2 Å². The number of fused-ring (bicyclic) bond motifs is 4. The number of cyclic esters (lactones) is 1. The summed E-state index contributed by atoms with van der Waals surface area (Å²) >= 11 is 2.13. The number of alkyl halides is 1. The zero-order valence-corrected chi connectivity index (χ0v) is 25.4. The van der Waals surface area contributed by atoms with E-state index >= 15 is 0 Å². The van der Waals surface area contributed by atoms with Gasteiger partial charge in [0.25, 0.3) is 0 Å². The Bertz CT molecular complexity index is 1340. The number of allylic oxidation sites excluding steroid dienone is 1. The van der Waals surface area contributed by atoms with Crippen LogP contribution in [0.5, 0.6) is 0 Å². The number of nitrogens with zero attached hydrogens (tertiary/aromatic N) is 1. The summed E-state index contributed by atoms with van der Waals surface area (Å²) in [5.74, 6) is -3.25. The van der Waals surface area contributed by atoms with Crippen LogP contribution < -0.4 is 0 Å². The van der Waals surface area contributed by atoms with E-state index in [2.05, 4.69) is 34.7 Å². The number of halogens is 1. The fourth-order valence-electron chi connectivity index (χ4n) is 5.97. The lowest BCUT2D eigenvalue weighted by molar-refractivity contribution is -0.205. The second-order valence-electron chi connectivity index (χ2n) is 11.2. The number of amides is 1. The van der Waals surface area contributed by atoms with Gasteiger partial charge in [0.05, 0.1) is 12.0 Å². The number of likely N-dealkylation sites (tertiary alicyclic amines) is 1. The Morgan fingerprint density at radius 2 is 1.71 bits per heavy atom. The second kappa shape index (κ2) is 11.4. The van der Waals surface area contributed by atoms with Crippen LogP contribution in [0.25, 0.3) is 11.1 Å². The molecule has 10 heteroatoms. The molecule has 2 aliphatic heterocycles. The smallest absolute Gasteiger partial charge is 0.410 e. The largest absolute Gasteiger partial charge is 0.459 e. The second-order valence-corrected chi connectivity index (χ2v) is 12.0. The molecule has 1 unspecified atom stereocenters. The van der Waals surface area contributed by atoms with Crippen LogP contribution in [0, 0.1) is 5.92 Å². The van der Waals surface area contributed by atoms with E-state index in [-0.39, 0.29) is 25.7 Å². The van der Waals surface area contributed by atoms with Crippen LogP contribution >= 0.6 is 22.6 Å². The molecule has 41 heavy (non-hydrogen) atoms. The highest BCUT2D eigenvalue weighted by Crippen LogP contribution is 2.45. The molecule has 2 N–H and O–H groups in total. The first-order valence-corrected chi connectivity index (χ1v) is 15.2. The minimum absolute atomic E-state index is 0.120. The highest BCUT2D eigenvalue weighted by atomic mass is 127. The number of carbonyl (C=O) groups excluding carboxylic acids is 3. The number of esters is 2. The van der Waals surface area contributed by atoms with Gasteiger partial charge < -0.3 is 24.4 Å². The van der Waals surface area contributed by atoms with Crippen LogP contribution in [0.3, 0.4) is 0 Å². The summed E-state index contributed by atoms with van der Waals surface area (Å²) < 4.78 is 17.8. The Labute approximate surface area is 252 Å². The van der Waals surface area contributed by atoms with Crippen LogP contribution in [0.2, 0.25) is 0 Å². The van der Waals surface area contributed by atoms with Crippen LogP contribution in [0.1, 0.15) is 44.2 Å². The lowest BCUT2D eigenvalue weighted by Crippen LogP contribution is -2.61. The summed E-state index contributed by atoms with van der Waals surface area (Å²) in [4.78, 5) is 41.2. The maximum atomic E-state index is 13.6. The minimum Gasteiger partial charge on any atom is -0.459 e. The van der Waals surface area contributed by atoms with Gasteiger partial charge in [0, 0.05) is 23.3 Å². The van der Waals surface area contributed by atoms with Crippen LogP contribution in [-0.2, 0) is 23.8 Å². The van der Waals surface area contributed by atoms with Crippen molar-refractivity contribution in [3.63, 3.8) is 0 Å². The quantitative estimate of drug-likeness (QED) is 0.165. The Balaban J connectivity index is 1.41. The van der Waals surface area contributed by atoms with Crippen LogP contribution in [0.15, 0.2) is 60.2 Å². The van der Waals surface area contributed by atoms with Crippen molar-refractivity contribution in [1.29, 1.82) is 0 Å². The number of rotatable bonds is 3. The molecule has 2 fully saturated rings. The first-order valence-electron chi connectivity index (χ1n) is 13.7. The predicted octanol–water partition coefficient (Wildman–Crippen LogP) is 3.98. The standard InChI is InChI=1S/C31H34INO8/c1-18-27(34)41-25-13-15-33(26(25)19(12-14-32)16-39-28(35)31(3,38)30(18,2)37)29(36)40-17-24-22-10-6-4-8-20(22)21-9-5-7-11-23(21)24/h4-12,18,24-26,37-38H,13-17H2,1-3H3/b19-12+/t18?,25-,26-,30+,31+/m1/s1. The van der Waals surface area contributed by atoms with E-state index in [1.165, 1.54) is 18.7 Å². The van der Waals surface area contributed by atoms with Gasteiger partial charge in [-0.15, -0.1) is 0 Å². The lowest BCUT2D eigenvalue weighted by Gasteiger charge is -2.39. The maximum absolute atomic E-state index is 13.6. The summed E-state index contributed by atoms with van der Waals surface area (Å²) in [5.41, 5.74) is 0.421. The van der Waals surface area contributed by atoms with Crippen molar-refractivity contribution in [3.8, 4) is 11.1 Å². The first-order chi connectivity index (χ1) is 19.5. The number of benzene rings is 2. The summed E-state index contributed by atoms with van der Waals surface area (Å²) in [6.45, 7) is 3.83. The van der Waals surface area contributed by atoms with Gasteiger partial charge in [-0.3, -0.25) is 9.69 Å². The summed E-state index contributed by atoms with van der Waals surface area (Å²) in [6, 6.07) is 15.4.